The molecule has 0 saturated carbocycles. The SMILES string of the molecule is CCc1ccc([C@H]2/C(=C(\O)c3ccc(OCc4ccccc4)c(C)c3)C(=O)C(=O)N2Cc2cccnc2)cc1. The molecular formula is C33H30N2O4. The van der Waals surface area contributed by atoms with Crippen molar-refractivity contribution in [2.24, 2.45) is 0 Å². The molecule has 5 rings (SSSR count). The van der Waals surface area contributed by atoms with Gasteiger partial charge in [0.15, 0.2) is 0 Å². The van der Waals surface area contributed by atoms with E-state index >= 15 is 0 Å². The smallest absolute Gasteiger partial charge is 0.295 e. The second-order valence-electron chi connectivity index (χ2n) is 9.64. The number of ether oxygens (including phenoxy) is 1. The van der Waals surface area contributed by atoms with E-state index in [1.54, 1.807) is 36.7 Å². The van der Waals surface area contributed by atoms with Gasteiger partial charge in [0, 0.05) is 24.5 Å². The van der Waals surface area contributed by atoms with Crippen LogP contribution >= 0.6 is 0 Å². The zero-order valence-electron chi connectivity index (χ0n) is 22.0. The monoisotopic (exact) mass is 518 g/mol. The lowest BCUT2D eigenvalue weighted by atomic mass is 9.94. The fraction of sp³-hybridized carbons (Fsp3) is 0.182. The number of amides is 1. The van der Waals surface area contributed by atoms with Crippen LogP contribution in [0.4, 0.5) is 0 Å². The van der Waals surface area contributed by atoms with Gasteiger partial charge in [-0.25, -0.2) is 0 Å². The molecule has 3 aromatic carbocycles. The second-order valence-corrected chi connectivity index (χ2v) is 9.64. The van der Waals surface area contributed by atoms with Crippen molar-refractivity contribution >= 4 is 17.4 Å². The third-order valence-corrected chi connectivity index (χ3v) is 7.00. The number of carbonyl (C=O) groups excluding carboxylic acids is 2. The van der Waals surface area contributed by atoms with E-state index in [0.29, 0.717) is 17.9 Å². The first-order valence-electron chi connectivity index (χ1n) is 13.0. The van der Waals surface area contributed by atoms with Gasteiger partial charge in [-0.1, -0.05) is 67.6 Å². The summed E-state index contributed by atoms with van der Waals surface area (Å²) in [6, 6.07) is 25.9. The Bertz CT molecular complexity index is 1510. The number of aromatic nitrogens is 1. The number of rotatable bonds is 8. The van der Waals surface area contributed by atoms with Crippen molar-refractivity contribution in [3.63, 3.8) is 0 Å². The zero-order valence-corrected chi connectivity index (χ0v) is 22.0. The van der Waals surface area contributed by atoms with Gasteiger partial charge >= 0.3 is 0 Å². The lowest BCUT2D eigenvalue weighted by Crippen LogP contribution is -2.29. The van der Waals surface area contributed by atoms with Gasteiger partial charge in [-0.15, -0.1) is 0 Å². The number of aliphatic hydroxyl groups excluding tert-OH is 1. The van der Waals surface area contributed by atoms with Crippen LogP contribution in [-0.2, 0) is 29.2 Å². The molecule has 0 radical (unpaired) electrons. The fourth-order valence-electron chi connectivity index (χ4n) is 4.86. The van der Waals surface area contributed by atoms with Gasteiger partial charge in [0.2, 0.25) is 0 Å². The van der Waals surface area contributed by atoms with Crippen molar-refractivity contribution < 1.29 is 19.4 Å². The number of ketones is 1. The Kier molecular flexibility index (Phi) is 7.55. The Balaban J connectivity index is 1.52. The predicted octanol–water partition coefficient (Wildman–Crippen LogP) is 6.15. The van der Waals surface area contributed by atoms with E-state index in [9.17, 15) is 14.7 Å². The standard InChI is InChI=1S/C33H30N2O4/c1-3-23-11-13-26(14-12-23)30-29(32(37)33(38)35(30)20-25-10-7-17-34-19-25)31(36)27-15-16-28(22(2)18-27)39-21-24-8-5-4-6-9-24/h4-19,30,36H,3,20-21H2,1-2H3/b31-29+/t30-/m0/s1. The van der Waals surface area contributed by atoms with Crippen LogP contribution < -0.4 is 4.74 Å². The van der Waals surface area contributed by atoms with Crippen molar-refractivity contribution in [2.45, 2.75) is 39.5 Å². The molecule has 2 heterocycles. The van der Waals surface area contributed by atoms with E-state index in [1.807, 2.05) is 67.6 Å². The van der Waals surface area contributed by atoms with Crippen LogP contribution in [0.2, 0.25) is 0 Å². The number of nitrogens with zero attached hydrogens (tertiary/aromatic N) is 2. The minimum atomic E-state index is -0.731. The Labute approximate surface area is 228 Å². The highest BCUT2D eigenvalue weighted by atomic mass is 16.5. The summed E-state index contributed by atoms with van der Waals surface area (Å²) in [6.07, 6.45) is 4.20. The van der Waals surface area contributed by atoms with Crippen LogP contribution in [0.3, 0.4) is 0 Å². The lowest BCUT2D eigenvalue weighted by Gasteiger charge is -2.25. The normalized spacial score (nSPS) is 16.5. The van der Waals surface area contributed by atoms with E-state index in [1.165, 1.54) is 4.90 Å². The van der Waals surface area contributed by atoms with Gasteiger partial charge in [-0.2, -0.15) is 0 Å². The number of hydrogen-bond donors (Lipinski definition) is 1. The topological polar surface area (TPSA) is 79.7 Å². The van der Waals surface area contributed by atoms with Crippen LogP contribution in [-0.4, -0.2) is 26.7 Å². The molecule has 1 atom stereocenters. The van der Waals surface area contributed by atoms with E-state index in [4.69, 9.17) is 4.74 Å². The van der Waals surface area contributed by atoms with Crippen LogP contribution in [0.1, 0.15) is 46.3 Å². The molecule has 1 aliphatic rings. The summed E-state index contributed by atoms with van der Waals surface area (Å²) in [7, 11) is 0. The van der Waals surface area contributed by atoms with Crippen molar-refractivity contribution in [2.75, 3.05) is 0 Å². The van der Waals surface area contributed by atoms with Gasteiger partial charge in [0.25, 0.3) is 11.7 Å². The molecule has 1 fully saturated rings. The number of aryl methyl sites for hydroxylation is 2. The molecule has 1 N–H and O–H groups in total. The van der Waals surface area contributed by atoms with Crippen LogP contribution in [0, 0.1) is 6.92 Å². The molecule has 0 bridgehead atoms. The maximum atomic E-state index is 13.4. The highest BCUT2D eigenvalue weighted by molar-refractivity contribution is 6.46. The molecule has 6 heteroatoms. The maximum Gasteiger partial charge on any atom is 0.295 e. The van der Waals surface area contributed by atoms with E-state index in [2.05, 4.69) is 11.9 Å². The Morgan fingerprint density at radius 3 is 2.33 bits per heavy atom. The minimum absolute atomic E-state index is 0.0745. The predicted molar refractivity (Wildman–Crippen MR) is 150 cm³/mol. The van der Waals surface area contributed by atoms with Crippen molar-refractivity contribution in [3.05, 3.63) is 136 Å². The number of Topliss-reactive ketones (excluding diaryl/α,β-unsaturated/α-hetero) is 1. The summed E-state index contributed by atoms with van der Waals surface area (Å²) in [5.41, 5.74) is 5.08. The molecule has 1 amide bonds. The highest BCUT2D eigenvalue weighted by Gasteiger charge is 2.46. The summed E-state index contributed by atoms with van der Waals surface area (Å²) in [5, 5.41) is 11.5. The van der Waals surface area contributed by atoms with E-state index in [-0.39, 0.29) is 17.9 Å². The molecule has 0 unspecified atom stereocenters. The number of likely N-dealkylation sites (tertiary alicyclic amines) is 1. The van der Waals surface area contributed by atoms with Crippen LogP contribution in [0.15, 0.2) is 103 Å². The summed E-state index contributed by atoms with van der Waals surface area (Å²) in [4.78, 5) is 32.3. The number of pyridine rings is 1. The summed E-state index contributed by atoms with van der Waals surface area (Å²) >= 11 is 0. The first kappa shape index (κ1) is 25.9. The first-order valence-corrected chi connectivity index (χ1v) is 13.0. The molecule has 39 heavy (non-hydrogen) atoms. The van der Waals surface area contributed by atoms with E-state index in [0.717, 1.165) is 34.2 Å². The van der Waals surface area contributed by atoms with Crippen molar-refractivity contribution in [3.8, 4) is 5.75 Å². The maximum absolute atomic E-state index is 13.4. The zero-order chi connectivity index (χ0) is 27.4. The molecule has 1 aromatic heterocycles. The number of carbonyl (C=O) groups is 2. The third-order valence-electron chi connectivity index (χ3n) is 7.00. The number of benzene rings is 3. The lowest BCUT2D eigenvalue weighted by molar-refractivity contribution is -0.140. The summed E-state index contributed by atoms with van der Waals surface area (Å²) < 4.78 is 5.98. The average molecular weight is 519 g/mol. The molecule has 1 aliphatic heterocycles. The molecule has 1 saturated heterocycles. The molecule has 0 aliphatic carbocycles. The van der Waals surface area contributed by atoms with Crippen molar-refractivity contribution in [1.29, 1.82) is 0 Å². The Morgan fingerprint density at radius 2 is 1.67 bits per heavy atom. The van der Waals surface area contributed by atoms with Gasteiger partial charge < -0.3 is 14.7 Å². The molecule has 4 aromatic rings. The van der Waals surface area contributed by atoms with Crippen molar-refractivity contribution in [1.82, 2.24) is 9.88 Å². The Morgan fingerprint density at radius 1 is 0.923 bits per heavy atom. The molecule has 196 valence electrons. The summed E-state index contributed by atoms with van der Waals surface area (Å²) in [6.45, 7) is 4.57. The second kappa shape index (κ2) is 11.4. The molecule has 6 nitrogen and oxygen atoms in total. The fourth-order valence-corrected chi connectivity index (χ4v) is 4.86. The number of aliphatic hydroxyl groups is 1. The van der Waals surface area contributed by atoms with E-state index < -0.39 is 17.7 Å². The van der Waals surface area contributed by atoms with Gasteiger partial charge in [-0.3, -0.25) is 14.6 Å². The first-order chi connectivity index (χ1) is 19.0. The van der Waals surface area contributed by atoms with Gasteiger partial charge in [-0.05, 0) is 65.4 Å². The molecular weight excluding hydrogens is 488 g/mol. The third kappa shape index (κ3) is 5.46. The van der Waals surface area contributed by atoms with Crippen LogP contribution in [0.25, 0.3) is 5.76 Å². The summed E-state index contributed by atoms with van der Waals surface area (Å²) in [5.74, 6) is -0.879. The minimum Gasteiger partial charge on any atom is -0.507 e. The van der Waals surface area contributed by atoms with Crippen LogP contribution in [0.5, 0.6) is 5.75 Å². The molecule has 0 spiro atoms. The van der Waals surface area contributed by atoms with Gasteiger partial charge in [0.1, 0.15) is 18.1 Å². The van der Waals surface area contributed by atoms with Gasteiger partial charge in [0.05, 0.1) is 11.6 Å². The Hall–Kier alpha value is -4.71. The highest BCUT2D eigenvalue weighted by Crippen LogP contribution is 2.40. The largest absolute Gasteiger partial charge is 0.507 e. The quantitative estimate of drug-likeness (QED) is 0.172. The average Bonchev–Trinajstić information content (AvgIpc) is 3.22. The number of hydrogen-bond acceptors (Lipinski definition) is 5.